The molecule has 3 aromatic heterocycles. The Labute approximate surface area is 156 Å². The lowest BCUT2D eigenvalue weighted by molar-refractivity contribution is 0.0695. The molecule has 4 heterocycles. The van der Waals surface area contributed by atoms with Crippen molar-refractivity contribution in [3.63, 3.8) is 0 Å². The molecule has 10 heteroatoms. The monoisotopic (exact) mass is 388 g/mol. The van der Waals surface area contributed by atoms with Gasteiger partial charge in [0.2, 0.25) is 5.43 Å². The van der Waals surface area contributed by atoms with Crippen LogP contribution in [0.1, 0.15) is 10.4 Å². The van der Waals surface area contributed by atoms with E-state index >= 15 is 0 Å². The van der Waals surface area contributed by atoms with Crippen LogP contribution >= 0.6 is 0 Å². The first-order valence-corrected chi connectivity index (χ1v) is 8.39. The molecular weight excluding hydrogens is 374 g/mol. The Hall–Kier alpha value is -3.40. The highest BCUT2D eigenvalue weighted by Gasteiger charge is 2.21. The van der Waals surface area contributed by atoms with Crippen LogP contribution in [0.15, 0.2) is 35.4 Å². The first-order chi connectivity index (χ1) is 13.5. The van der Waals surface area contributed by atoms with Gasteiger partial charge < -0.3 is 14.7 Å². The fourth-order valence-electron chi connectivity index (χ4n) is 3.06. The van der Waals surface area contributed by atoms with Gasteiger partial charge in [-0.15, -0.1) is 0 Å². The number of pyridine rings is 3. The molecule has 1 N–H and O–H groups in total. The van der Waals surface area contributed by atoms with E-state index < -0.39 is 28.6 Å². The standard InChI is InChI=1S/C18H14F2N4O4/c19-10-7-13(20)17(21-8-10)24-9-12(18(26)27)15(25)11-1-2-14(22-16(11)24)23-3-5-28-6-4-23/h1-2,7-9H,3-6H2,(H,26,27). The van der Waals surface area contributed by atoms with Crippen LogP contribution in [0.5, 0.6) is 0 Å². The molecule has 0 radical (unpaired) electrons. The number of rotatable bonds is 3. The summed E-state index contributed by atoms with van der Waals surface area (Å²) in [6.07, 6.45) is 1.75. The van der Waals surface area contributed by atoms with Crippen molar-refractivity contribution in [1.29, 1.82) is 0 Å². The Balaban J connectivity index is 2.00. The number of hydrogen-bond donors (Lipinski definition) is 1. The van der Waals surface area contributed by atoms with Crippen molar-refractivity contribution in [1.82, 2.24) is 14.5 Å². The Morgan fingerprint density at radius 2 is 1.96 bits per heavy atom. The number of halogens is 2. The van der Waals surface area contributed by atoms with Crippen LogP contribution in [0.25, 0.3) is 16.9 Å². The highest BCUT2D eigenvalue weighted by atomic mass is 19.1. The van der Waals surface area contributed by atoms with Crippen LogP contribution in [0.3, 0.4) is 0 Å². The molecule has 8 nitrogen and oxygen atoms in total. The second kappa shape index (κ2) is 6.97. The molecule has 0 bridgehead atoms. The van der Waals surface area contributed by atoms with E-state index in [2.05, 4.69) is 9.97 Å². The van der Waals surface area contributed by atoms with Gasteiger partial charge in [-0.1, -0.05) is 0 Å². The summed E-state index contributed by atoms with van der Waals surface area (Å²) in [4.78, 5) is 34.1. The van der Waals surface area contributed by atoms with Crippen molar-refractivity contribution in [2.24, 2.45) is 0 Å². The molecule has 0 spiro atoms. The lowest BCUT2D eigenvalue weighted by atomic mass is 10.2. The molecular formula is C18H14F2N4O4. The third kappa shape index (κ3) is 3.07. The van der Waals surface area contributed by atoms with Gasteiger partial charge in [-0.25, -0.2) is 23.5 Å². The molecule has 28 heavy (non-hydrogen) atoms. The molecule has 1 saturated heterocycles. The first-order valence-electron chi connectivity index (χ1n) is 8.39. The predicted molar refractivity (Wildman–Crippen MR) is 95.0 cm³/mol. The average Bonchev–Trinajstić information content (AvgIpc) is 2.69. The second-order valence-corrected chi connectivity index (χ2v) is 6.15. The zero-order chi connectivity index (χ0) is 19.8. The van der Waals surface area contributed by atoms with E-state index in [9.17, 15) is 23.5 Å². The number of carboxylic acids is 1. The molecule has 1 fully saturated rings. The highest BCUT2D eigenvalue weighted by molar-refractivity contribution is 5.92. The van der Waals surface area contributed by atoms with E-state index in [-0.39, 0.29) is 16.9 Å². The summed E-state index contributed by atoms with van der Waals surface area (Å²) in [6, 6.07) is 3.66. The van der Waals surface area contributed by atoms with Gasteiger partial charge >= 0.3 is 5.97 Å². The molecule has 0 saturated carbocycles. The number of carboxylic acid groups (broad SMARTS) is 1. The summed E-state index contributed by atoms with van der Waals surface area (Å²) in [7, 11) is 0. The Morgan fingerprint density at radius 1 is 1.21 bits per heavy atom. The number of morpholine rings is 1. The number of aromatic carboxylic acids is 1. The van der Waals surface area contributed by atoms with Crippen LogP contribution in [0, 0.1) is 11.6 Å². The summed E-state index contributed by atoms with van der Waals surface area (Å²) >= 11 is 0. The molecule has 0 amide bonds. The summed E-state index contributed by atoms with van der Waals surface area (Å²) in [5.41, 5.74) is -1.29. The van der Waals surface area contributed by atoms with E-state index in [1.54, 1.807) is 6.07 Å². The predicted octanol–water partition coefficient (Wildman–Crippen LogP) is 1.59. The van der Waals surface area contributed by atoms with Crippen molar-refractivity contribution in [2.45, 2.75) is 0 Å². The summed E-state index contributed by atoms with van der Waals surface area (Å²) in [6.45, 7) is 2.19. The van der Waals surface area contributed by atoms with Crippen molar-refractivity contribution < 1.29 is 23.4 Å². The normalized spacial score (nSPS) is 14.4. The Bertz CT molecular complexity index is 1140. The minimum absolute atomic E-state index is 0.0116. The van der Waals surface area contributed by atoms with Crippen LogP contribution in [0.4, 0.5) is 14.6 Å². The van der Waals surface area contributed by atoms with E-state index in [1.807, 2.05) is 4.90 Å². The molecule has 4 rings (SSSR count). The zero-order valence-electron chi connectivity index (χ0n) is 14.4. The van der Waals surface area contributed by atoms with Crippen molar-refractivity contribution in [3.8, 4) is 5.82 Å². The minimum atomic E-state index is -1.47. The van der Waals surface area contributed by atoms with Gasteiger partial charge in [0, 0.05) is 25.4 Å². The molecule has 0 unspecified atom stereocenters. The lowest BCUT2D eigenvalue weighted by Gasteiger charge is -2.28. The number of ether oxygens (including phenoxy) is 1. The van der Waals surface area contributed by atoms with E-state index in [4.69, 9.17) is 4.74 Å². The fraction of sp³-hybridized carbons (Fsp3) is 0.222. The number of anilines is 1. The minimum Gasteiger partial charge on any atom is -0.477 e. The highest BCUT2D eigenvalue weighted by Crippen LogP contribution is 2.21. The van der Waals surface area contributed by atoms with Gasteiger partial charge in [-0.2, -0.15) is 0 Å². The van der Waals surface area contributed by atoms with Crippen LogP contribution in [0.2, 0.25) is 0 Å². The summed E-state index contributed by atoms with van der Waals surface area (Å²) in [5, 5.41) is 9.33. The summed E-state index contributed by atoms with van der Waals surface area (Å²) < 4.78 is 34.0. The number of carbonyl (C=O) groups is 1. The number of aromatic nitrogens is 3. The van der Waals surface area contributed by atoms with Gasteiger partial charge in [-0.3, -0.25) is 9.36 Å². The second-order valence-electron chi connectivity index (χ2n) is 6.15. The molecule has 144 valence electrons. The molecule has 3 aromatic rings. The molecule has 0 aromatic carbocycles. The van der Waals surface area contributed by atoms with Crippen molar-refractivity contribution in [2.75, 3.05) is 31.2 Å². The third-order valence-corrected chi connectivity index (χ3v) is 4.42. The molecule has 1 aliphatic heterocycles. The van der Waals surface area contributed by atoms with Gasteiger partial charge in [0.25, 0.3) is 0 Å². The van der Waals surface area contributed by atoms with Gasteiger partial charge in [0.05, 0.1) is 24.8 Å². The van der Waals surface area contributed by atoms with Crippen LogP contribution < -0.4 is 10.3 Å². The fourth-order valence-corrected chi connectivity index (χ4v) is 3.06. The molecule has 1 aliphatic rings. The average molecular weight is 388 g/mol. The maximum atomic E-state index is 14.3. The molecule has 0 atom stereocenters. The van der Waals surface area contributed by atoms with E-state index in [0.29, 0.717) is 38.2 Å². The van der Waals surface area contributed by atoms with Crippen molar-refractivity contribution in [3.05, 3.63) is 58.0 Å². The maximum Gasteiger partial charge on any atom is 0.341 e. The third-order valence-electron chi connectivity index (χ3n) is 4.42. The Morgan fingerprint density at radius 3 is 2.64 bits per heavy atom. The topological polar surface area (TPSA) is 97.5 Å². The van der Waals surface area contributed by atoms with Gasteiger partial charge in [-0.05, 0) is 12.1 Å². The van der Waals surface area contributed by atoms with Gasteiger partial charge in [0.1, 0.15) is 17.2 Å². The van der Waals surface area contributed by atoms with Crippen LogP contribution in [-0.2, 0) is 4.74 Å². The maximum absolute atomic E-state index is 14.3. The van der Waals surface area contributed by atoms with Crippen molar-refractivity contribution >= 4 is 22.8 Å². The number of hydrogen-bond acceptors (Lipinski definition) is 6. The first kappa shape index (κ1) is 18.0. The quantitative estimate of drug-likeness (QED) is 0.728. The zero-order valence-corrected chi connectivity index (χ0v) is 14.4. The largest absolute Gasteiger partial charge is 0.477 e. The Kier molecular flexibility index (Phi) is 4.47. The van der Waals surface area contributed by atoms with Crippen LogP contribution in [-0.4, -0.2) is 51.9 Å². The van der Waals surface area contributed by atoms with Gasteiger partial charge in [0.15, 0.2) is 17.3 Å². The lowest BCUT2D eigenvalue weighted by Crippen LogP contribution is -2.36. The van der Waals surface area contributed by atoms with E-state index in [1.165, 1.54) is 6.07 Å². The van der Waals surface area contributed by atoms with E-state index in [0.717, 1.165) is 17.0 Å². The smallest absolute Gasteiger partial charge is 0.341 e. The molecule has 0 aliphatic carbocycles. The number of fused-ring (bicyclic) bond motifs is 1. The SMILES string of the molecule is O=C(O)c1cn(-c2ncc(F)cc2F)c2nc(N3CCOCC3)ccc2c1=O. The summed E-state index contributed by atoms with van der Waals surface area (Å²) in [5.74, 6) is -3.21. The number of nitrogens with zero attached hydrogens (tertiary/aromatic N) is 4.